The van der Waals surface area contributed by atoms with Crippen LogP contribution in [0.5, 0.6) is 0 Å². The Morgan fingerprint density at radius 1 is 1.29 bits per heavy atom. The van der Waals surface area contributed by atoms with Crippen LogP contribution in [-0.4, -0.2) is 27.1 Å². The Hall–Kier alpha value is -1.89. The number of nitrogens with zero attached hydrogens (tertiary/aromatic N) is 3. The first kappa shape index (κ1) is 15.6. The third-order valence-electron chi connectivity index (χ3n) is 5.05. The Morgan fingerprint density at radius 2 is 2.17 bits per heavy atom. The summed E-state index contributed by atoms with van der Waals surface area (Å²) in [6.45, 7) is 0. The Bertz CT molecular complexity index is 787. The van der Waals surface area contributed by atoms with E-state index in [1.807, 2.05) is 17.8 Å². The second-order valence-corrected chi connectivity index (χ2v) is 7.42. The minimum Gasteiger partial charge on any atom is -0.335 e. The van der Waals surface area contributed by atoms with Gasteiger partial charge in [0.25, 0.3) is 0 Å². The Kier molecular flexibility index (Phi) is 4.04. The van der Waals surface area contributed by atoms with Crippen molar-refractivity contribution >= 4 is 22.0 Å². The fourth-order valence-electron chi connectivity index (χ4n) is 3.80. The molecule has 4 rings (SSSR count). The van der Waals surface area contributed by atoms with Crippen molar-refractivity contribution in [3.05, 3.63) is 45.2 Å². The molecule has 6 nitrogen and oxygen atoms in total. The van der Waals surface area contributed by atoms with E-state index in [1.54, 1.807) is 0 Å². The number of aromatic nitrogens is 3. The molecule has 2 atom stereocenters. The Balaban J connectivity index is 1.38. The lowest BCUT2D eigenvalue weighted by Crippen LogP contribution is -2.45. The van der Waals surface area contributed by atoms with Crippen LogP contribution in [0.3, 0.4) is 0 Å². The van der Waals surface area contributed by atoms with E-state index in [0.717, 1.165) is 42.3 Å². The zero-order valence-electron chi connectivity index (χ0n) is 13.6. The van der Waals surface area contributed by atoms with Crippen LogP contribution in [0.25, 0.3) is 0 Å². The largest absolute Gasteiger partial charge is 0.335 e. The quantitative estimate of drug-likeness (QED) is 0.828. The molecule has 1 aromatic heterocycles. The number of rotatable bonds is 2. The molecule has 0 saturated carbocycles. The first-order valence-corrected chi connectivity index (χ1v) is 9.13. The summed E-state index contributed by atoms with van der Waals surface area (Å²) in [5.74, 6) is 0. The van der Waals surface area contributed by atoms with E-state index in [1.165, 1.54) is 16.8 Å². The lowest BCUT2D eigenvalue weighted by molar-refractivity contribution is 0.231. The van der Waals surface area contributed by atoms with Crippen molar-refractivity contribution in [2.45, 2.75) is 44.2 Å². The van der Waals surface area contributed by atoms with Gasteiger partial charge in [-0.05, 0) is 42.9 Å². The van der Waals surface area contributed by atoms with Crippen LogP contribution in [0, 0.1) is 0 Å². The zero-order chi connectivity index (χ0) is 16.7. The van der Waals surface area contributed by atoms with Crippen molar-refractivity contribution in [2.75, 3.05) is 0 Å². The molecule has 2 aliphatic carbocycles. The van der Waals surface area contributed by atoms with Gasteiger partial charge in [0.2, 0.25) is 0 Å². The molecule has 0 saturated heterocycles. The molecule has 1 aromatic carbocycles. The Labute approximate surface area is 149 Å². The summed E-state index contributed by atoms with van der Waals surface area (Å²) in [4.78, 5) is 12.4. The average Bonchev–Trinajstić information content (AvgIpc) is 3.13. The molecule has 126 valence electrons. The third-order valence-corrected chi connectivity index (χ3v) is 5.79. The highest BCUT2D eigenvalue weighted by Crippen LogP contribution is 2.35. The molecule has 0 spiro atoms. The minimum atomic E-state index is -0.0924. The topological polar surface area (TPSA) is 71.8 Å². The number of halogens is 1. The number of carbonyl (C=O) groups excluding carboxylic acids is 1. The predicted molar refractivity (Wildman–Crippen MR) is 93.7 cm³/mol. The number of nitrogens with one attached hydrogen (secondary N) is 2. The molecular weight excluding hydrogens is 370 g/mol. The molecule has 2 aliphatic rings. The lowest BCUT2D eigenvalue weighted by Gasteiger charge is -2.24. The molecule has 0 radical (unpaired) electrons. The number of hydrogen-bond acceptors (Lipinski definition) is 3. The molecule has 2 unspecified atom stereocenters. The monoisotopic (exact) mass is 389 g/mol. The number of urea groups is 1. The van der Waals surface area contributed by atoms with Crippen molar-refractivity contribution in [2.24, 2.45) is 7.05 Å². The van der Waals surface area contributed by atoms with Crippen molar-refractivity contribution in [3.63, 3.8) is 0 Å². The molecule has 0 fully saturated rings. The molecule has 24 heavy (non-hydrogen) atoms. The lowest BCUT2D eigenvalue weighted by atomic mass is 9.96. The summed E-state index contributed by atoms with van der Waals surface area (Å²) in [7, 11) is 1.92. The van der Waals surface area contributed by atoms with Crippen LogP contribution < -0.4 is 10.6 Å². The molecule has 2 N–H and O–H groups in total. The van der Waals surface area contributed by atoms with E-state index >= 15 is 0 Å². The number of hydrogen-bond donors (Lipinski definition) is 2. The highest BCUT2D eigenvalue weighted by atomic mass is 79.9. The number of benzene rings is 1. The number of fused-ring (bicyclic) bond motifs is 2. The number of amides is 2. The summed E-state index contributed by atoms with van der Waals surface area (Å²) in [5.41, 5.74) is 4.72. The van der Waals surface area contributed by atoms with Crippen LogP contribution in [0.2, 0.25) is 0 Å². The molecule has 7 heteroatoms. The normalized spacial score (nSPS) is 21.9. The highest BCUT2D eigenvalue weighted by molar-refractivity contribution is 9.10. The first-order valence-electron chi connectivity index (χ1n) is 8.33. The van der Waals surface area contributed by atoms with Gasteiger partial charge in [0.1, 0.15) is 0 Å². The molecule has 1 heterocycles. The van der Waals surface area contributed by atoms with Gasteiger partial charge in [-0.15, -0.1) is 5.10 Å². The van der Waals surface area contributed by atoms with E-state index in [4.69, 9.17) is 0 Å². The van der Waals surface area contributed by atoms with Crippen LogP contribution >= 0.6 is 15.9 Å². The molecule has 0 bridgehead atoms. The van der Waals surface area contributed by atoms with Gasteiger partial charge >= 0.3 is 6.03 Å². The van der Waals surface area contributed by atoms with Gasteiger partial charge in [-0.2, -0.15) is 0 Å². The summed E-state index contributed by atoms with van der Waals surface area (Å²) in [6.07, 6.45) is 4.53. The van der Waals surface area contributed by atoms with E-state index in [-0.39, 0.29) is 18.1 Å². The standard InChI is InChI=1S/C17H20BrN5O/c1-23-16-8-5-10(9-15(16)21-22-23)19-17(24)20-14-7-6-11-12(14)3-2-4-13(11)18/h2-4,10,14H,5-9H2,1H3,(H2,19,20,24). The Morgan fingerprint density at radius 3 is 3.04 bits per heavy atom. The molecule has 2 aromatic rings. The first-order chi connectivity index (χ1) is 11.6. The van der Waals surface area contributed by atoms with Gasteiger partial charge in [-0.3, -0.25) is 4.68 Å². The van der Waals surface area contributed by atoms with Gasteiger partial charge in [0.05, 0.1) is 17.4 Å². The number of aryl methyl sites for hydroxylation is 1. The minimum absolute atomic E-state index is 0.0909. The highest BCUT2D eigenvalue weighted by Gasteiger charge is 2.28. The zero-order valence-corrected chi connectivity index (χ0v) is 15.1. The van der Waals surface area contributed by atoms with Crippen molar-refractivity contribution < 1.29 is 4.79 Å². The van der Waals surface area contributed by atoms with Gasteiger partial charge in [-0.25, -0.2) is 4.79 Å². The molecular formula is C17H20BrN5O. The van der Waals surface area contributed by atoms with Crippen LogP contribution in [0.4, 0.5) is 4.79 Å². The van der Waals surface area contributed by atoms with E-state index in [9.17, 15) is 4.79 Å². The SMILES string of the molecule is Cn1nnc2c1CCC(NC(=O)NC1CCc3c(Br)cccc31)C2. The van der Waals surface area contributed by atoms with E-state index in [2.05, 4.69) is 49.0 Å². The van der Waals surface area contributed by atoms with Gasteiger partial charge in [-0.1, -0.05) is 33.3 Å². The average molecular weight is 390 g/mol. The second-order valence-electron chi connectivity index (χ2n) is 6.56. The van der Waals surface area contributed by atoms with E-state index < -0.39 is 0 Å². The maximum absolute atomic E-state index is 12.4. The summed E-state index contributed by atoms with van der Waals surface area (Å²) >= 11 is 3.59. The maximum atomic E-state index is 12.4. The maximum Gasteiger partial charge on any atom is 0.315 e. The van der Waals surface area contributed by atoms with Gasteiger partial charge < -0.3 is 10.6 Å². The third kappa shape index (κ3) is 2.81. The smallest absolute Gasteiger partial charge is 0.315 e. The molecule has 2 amide bonds. The fraction of sp³-hybridized carbons (Fsp3) is 0.471. The second kappa shape index (κ2) is 6.20. The van der Waals surface area contributed by atoms with Crippen LogP contribution in [0.1, 0.15) is 41.4 Å². The van der Waals surface area contributed by atoms with Crippen molar-refractivity contribution in [1.29, 1.82) is 0 Å². The number of carbonyl (C=O) groups is 1. The summed E-state index contributed by atoms with van der Waals surface area (Å²) in [5, 5.41) is 14.5. The van der Waals surface area contributed by atoms with Crippen LogP contribution in [0.15, 0.2) is 22.7 Å². The van der Waals surface area contributed by atoms with Gasteiger partial charge in [0.15, 0.2) is 0 Å². The van der Waals surface area contributed by atoms with Crippen LogP contribution in [-0.2, 0) is 26.3 Å². The summed E-state index contributed by atoms with van der Waals surface area (Å²) < 4.78 is 2.96. The predicted octanol–water partition coefficient (Wildman–Crippen LogP) is 2.42. The fourth-order valence-corrected chi connectivity index (χ4v) is 4.38. The van der Waals surface area contributed by atoms with Crippen molar-refractivity contribution in [3.8, 4) is 0 Å². The summed E-state index contributed by atoms with van der Waals surface area (Å²) in [6, 6.07) is 6.31. The van der Waals surface area contributed by atoms with E-state index in [0.29, 0.717) is 0 Å². The van der Waals surface area contributed by atoms with Crippen molar-refractivity contribution in [1.82, 2.24) is 25.6 Å². The van der Waals surface area contributed by atoms with Gasteiger partial charge in [0, 0.05) is 24.0 Å². The molecule has 0 aliphatic heterocycles.